The molecule has 146 valence electrons. The Morgan fingerprint density at radius 1 is 1.11 bits per heavy atom. The number of nitrogens with zero attached hydrogens (tertiary/aromatic N) is 3. The van der Waals surface area contributed by atoms with Crippen molar-refractivity contribution < 1.29 is 4.79 Å². The van der Waals surface area contributed by atoms with Gasteiger partial charge in [0.25, 0.3) is 0 Å². The standard InChI is InChI=1S/C22H26N4OS/c1-15-9-8-12-19(13-15)20-24-25-22(26(20)4)28-17(3)21(27)23-14-16(2)18-10-6-5-7-11-18/h5-13,16-17H,14H2,1-4H3,(H,23,27). The lowest BCUT2D eigenvalue weighted by Crippen LogP contribution is -2.33. The van der Waals surface area contributed by atoms with Crippen LogP contribution in [0.5, 0.6) is 0 Å². The van der Waals surface area contributed by atoms with Crippen LogP contribution in [0.3, 0.4) is 0 Å². The summed E-state index contributed by atoms with van der Waals surface area (Å²) >= 11 is 1.42. The quantitative estimate of drug-likeness (QED) is 0.611. The molecule has 2 atom stereocenters. The smallest absolute Gasteiger partial charge is 0.233 e. The van der Waals surface area contributed by atoms with Crippen LogP contribution in [0.1, 0.15) is 30.9 Å². The summed E-state index contributed by atoms with van der Waals surface area (Å²) in [6.45, 7) is 6.68. The largest absolute Gasteiger partial charge is 0.355 e. The van der Waals surface area contributed by atoms with E-state index in [1.807, 2.05) is 48.9 Å². The molecule has 0 aliphatic rings. The van der Waals surface area contributed by atoms with Gasteiger partial charge in [-0.15, -0.1) is 10.2 Å². The van der Waals surface area contributed by atoms with Crippen molar-refractivity contribution in [2.75, 3.05) is 6.54 Å². The molecule has 0 aliphatic heterocycles. The minimum Gasteiger partial charge on any atom is -0.355 e. The lowest BCUT2D eigenvalue weighted by atomic mass is 10.0. The van der Waals surface area contributed by atoms with Crippen LogP contribution in [0.25, 0.3) is 11.4 Å². The van der Waals surface area contributed by atoms with Gasteiger partial charge in [0.05, 0.1) is 5.25 Å². The number of hydrogen-bond acceptors (Lipinski definition) is 4. The van der Waals surface area contributed by atoms with Gasteiger partial charge in [-0.2, -0.15) is 0 Å². The minimum absolute atomic E-state index is 0.00730. The number of carbonyl (C=O) groups excluding carboxylic acids is 1. The maximum atomic E-state index is 12.5. The first-order valence-electron chi connectivity index (χ1n) is 9.41. The molecule has 0 spiro atoms. The van der Waals surface area contributed by atoms with Gasteiger partial charge in [-0.25, -0.2) is 0 Å². The number of amides is 1. The molecule has 1 heterocycles. The van der Waals surface area contributed by atoms with Crippen molar-refractivity contribution >= 4 is 17.7 Å². The molecule has 0 radical (unpaired) electrons. The Labute approximate surface area is 170 Å². The highest BCUT2D eigenvalue weighted by Crippen LogP contribution is 2.26. The summed E-state index contributed by atoms with van der Waals surface area (Å²) in [6, 6.07) is 18.4. The first-order valence-corrected chi connectivity index (χ1v) is 10.3. The third-order valence-electron chi connectivity index (χ3n) is 4.71. The van der Waals surface area contributed by atoms with Crippen molar-refractivity contribution in [1.29, 1.82) is 0 Å². The SMILES string of the molecule is Cc1cccc(-c2nnc(SC(C)C(=O)NCC(C)c3ccccc3)n2C)c1. The summed E-state index contributed by atoms with van der Waals surface area (Å²) in [6.07, 6.45) is 0. The molecular weight excluding hydrogens is 368 g/mol. The highest BCUT2D eigenvalue weighted by molar-refractivity contribution is 8.00. The summed E-state index contributed by atoms with van der Waals surface area (Å²) in [5, 5.41) is 12.1. The van der Waals surface area contributed by atoms with Gasteiger partial charge in [-0.3, -0.25) is 4.79 Å². The Morgan fingerprint density at radius 2 is 1.86 bits per heavy atom. The van der Waals surface area contributed by atoms with Gasteiger partial charge in [-0.1, -0.05) is 72.8 Å². The molecule has 0 saturated carbocycles. The Morgan fingerprint density at radius 3 is 2.57 bits per heavy atom. The fourth-order valence-corrected chi connectivity index (χ4v) is 3.80. The maximum absolute atomic E-state index is 12.5. The second kappa shape index (κ2) is 9.06. The summed E-state index contributed by atoms with van der Waals surface area (Å²) in [4.78, 5) is 12.5. The van der Waals surface area contributed by atoms with Crippen LogP contribution in [0.15, 0.2) is 59.8 Å². The number of nitrogens with one attached hydrogen (secondary N) is 1. The van der Waals surface area contributed by atoms with E-state index in [2.05, 4.69) is 53.6 Å². The molecule has 1 N–H and O–H groups in total. The first kappa shape index (κ1) is 20.1. The van der Waals surface area contributed by atoms with E-state index in [0.717, 1.165) is 16.5 Å². The highest BCUT2D eigenvalue weighted by atomic mass is 32.2. The van der Waals surface area contributed by atoms with Crippen LogP contribution in [0, 0.1) is 6.92 Å². The van der Waals surface area contributed by atoms with E-state index in [1.54, 1.807) is 0 Å². The summed E-state index contributed by atoms with van der Waals surface area (Å²) in [5.74, 6) is 1.08. The number of rotatable bonds is 7. The molecule has 0 aliphatic carbocycles. The monoisotopic (exact) mass is 394 g/mol. The van der Waals surface area contributed by atoms with Gasteiger partial charge in [0.15, 0.2) is 11.0 Å². The fourth-order valence-electron chi connectivity index (χ4n) is 2.96. The molecule has 2 unspecified atom stereocenters. The average Bonchev–Trinajstić information content (AvgIpc) is 3.06. The summed E-state index contributed by atoms with van der Waals surface area (Å²) in [7, 11) is 1.93. The topological polar surface area (TPSA) is 59.8 Å². The molecule has 3 aromatic rings. The lowest BCUT2D eigenvalue weighted by Gasteiger charge is -2.15. The zero-order valence-electron chi connectivity index (χ0n) is 16.7. The first-order chi connectivity index (χ1) is 13.5. The van der Waals surface area contributed by atoms with Crippen molar-refractivity contribution in [2.45, 2.75) is 37.1 Å². The molecule has 28 heavy (non-hydrogen) atoms. The maximum Gasteiger partial charge on any atom is 0.233 e. The molecule has 0 saturated heterocycles. The zero-order valence-corrected chi connectivity index (χ0v) is 17.5. The molecule has 0 bridgehead atoms. The van der Waals surface area contributed by atoms with Gasteiger partial charge >= 0.3 is 0 Å². The third-order valence-corrected chi connectivity index (χ3v) is 5.85. The van der Waals surface area contributed by atoms with Gasteiger partial charge in [-0.05, 0) is 31.4 Å². The second-order valence-electron chi connectivity index (χ2n) is 7.05. The van der Waals surface area contributed by atoms with Gasteiger partial charge in [0, 0.05) is 19.2 Å². The molecule has 2 aromatic carbocycles. The normalized spacial score (nSPS) is 13.1. The van der Waals surface area contributed by atoms with Crippen LogP contribution >= 0.6 is 11.8 Å². The molecule has 6 heteroatoms. The summed E-state index contributed by atoms with van der Waals surface area (Å²) < 4.78 is 1.94. The Bertz CT molecular complexity index is 939. The number of hydrogen-bond donors (Lipinski definition) is 1. The lowest BCUT2D eigenvalue weighted by molar-refractivity contribution is -0.120. The number of aryl methyl sites for hydroxylation is 1. The van der Waals surface area contributed by atoms with Gasteiger partial charge < -0.3 is 9.88 Å². The Hall–Kier alpha value is -2.60. The Kier molecular flexibility index (Phi) is 6.52. The molecule has 5 nitrogen and oxygen atoms in total. The van der Waals surface area contributed by atoms with Crippen molar-refractivity contribution in [3.05, 3.63) is 65.7 Å². The number of aromatic nitrogens is 3. The van der Waals surface area contributed by atoms with Crippen molar-refractivity contribution in [2.24, 2.45) is 7.05 Å². The van der Waals surface area contributed by atoms with E-state index >= 15 is 0 Å². The molecule has 3 rings (SSSR count). The van der Waals surface area contributed by atoms with Crippen molar-refractivity contribution in [3.63, 3.8) is 0 Å². The van der Waals surface area contributed by atoms with Crippen LogP contribution in [0.4, 0.5) is 0 Å². The predicted molar refractivity (Wildman–Crippen MR) is 114 cm³/mol. The van der Waals surface area contributed by atoms with Crippen LogP contribution in [-0.4, -0.2) is 32.5 Å². The summed E-state index contributed by atoms with van der Waals surface area (Å²) in [5.41, 5.74) is 3.42. The van der Waals surface area contributed by atoms with Gasteiger partial charge in [0.1, 0.15) is 0 Å². The van der Waals surface area contributed by atoms with Crippen LogP contribution in [-0.2, 0) is 11.8 Å². The van der Waals surface area contributed by atoms with E-state index < -0.39 is 0 Å². The molecule has 0 fully saturated rings. The van der Waals surface area contributed by atoms with E-state index in [9.17, 15) is 4.79 Å². The van der Waals surface area contributed by atoms with Gasteiger partial charge in [0.2, 0.25) is 5.91 Å². The molecule has 1 aromatic heterocycles. The average molecular weight is 395 g/mol. The van der Waals surface area contributed by atoms with E-state index in [1.165, 1.54) is 22.9 Å². The van der Waals surface area contributed by atoms with E-state index in [4.69, 9.17) is 0 Å². The minimum atomic E-state index is -0.253. The number of benzene rings is 2. The fraction of sp³-hybridized carbons (Fsp3) is 0.318. The van der Waals surface area contributed by atoms with E-state index in [0.29, 0.717) is 6.54 Å². The van der Waals surface area contributed by atoms with E-state index in [-0.39, 0.29) is 17.1 Å². The molecular formula is C22H26N4OS. The van der Waals surface area contributed by atoms with Crippen molar-refractivity contribution in [1.82, 2.24) is 20.1 Å². The number of carbonyl (C=O) groups is 1. The Balaban J connectivity index is 1.60. The third kappa shape index (κ3) is 4.81. The number of thioether (sulfide) groups is 1. The zero-order chi connectivity index (χ0) is 20.1. The van der Waals surface area contributed by atoms with Crippen molar-refractivity contribution in [3.8, 4) is 11.4 Å². The predicted octanol–water partition coefficient (Wildman–Crippen LogP) is 4.19. The second-order valence-corrected chi connectivity index (χ2v) is 8.36. The molecule has 1 amide bonds. The highest BCUT2D eigenvalue weighted by Gasteiger charge is 2.20. The van der Waals surface area contributed by atoms with Crippen LogP contribution < -0.4 is 5.32 Å². The van der Waals surface area contributed by atoms with Crippen LogP contribution in [0.2, 0.25) is 0 Å².